The second-order valence-electron chi connectivity index (χ2n) is 5.21. The molecule has 2 rings (SSSR count). The van der Waals surface area contributed by atoms with E-state index >= 15 is 0 Å². The highest BCUT2D eigenvalue weighted by Gasteiger charge is 2.42. The molecule has 0 saturated carbocycles. The van der Waals surface area contributed by atoms with Crippen molar-refractivity contribution in [3.63, 3.8) is 0 Å². The first-order chi connectivity index (χ1) is 8.48. The molecule has 0 aromatic rings. The summed E-state index contributed by atoms with van der Waals surface area (Å²) < 4.78 is 43.4. The highest BCUT2D eigenvalue weighted by molar-refractivity contribution is 4.85. The van der Waals surface area contributed by atoms with Gasteiger partial charge in [-0.15, -0.1) is 0 Å². The molecule has 0 spiro atoms. The van der Waals surface area contributed by atoms with Gasteiger partial charge in [-0.3, -0.25) is 4.90 Å². The van der Waals surface area contributed by atoms with Gasteiger partial charge >= 0.3 is 6.18 Å². The summed E-state index contributed by atoms with van der Waals surface area (Å²) in [6, 6.07) is 0.187. The van der Waals surface area contributed by atoms with Gasteiger partial charge in [0.05, 0.1) is 18.6 Å². The monoisotopic (exact) mass is 266 g/mol. The Morgan fingerprint density at radius 1 is 1.28 bits per heavy atom. The molecule has 2 heterocycles. The molecular weight excluding hydrogens is 245 g/mol. The molecule has 6 heteroatoms. The lowest BCUT2D eigenvalue weighted by atomic mass is 9.94. The van der Waals surface area contributed by atoms with E-state index in [9.17, 15) is 13.2 Å². The maximum Gasteiger partial charge on any atom is 0.391 e. The molecule has 2 unspecified atom stereocenters. The van der Waals surface area contributed by atoms with Gasteiger partial charge in [0.1, 0.15) is 0 Å². The predicted molar refractivity (Wildman–Crippen MR) is 62.4 cm³/mol. The standard InChI is InChI=1S/C12H21F3N2O/c1-9(11-8-16-4-7-18-11)17-5-2-10(3-6-17)12(13,14)15/h9-11,16H,2-8H2,1H3. The molecule has 2 aliphatic rings. The van der Waals surface area contributed by atoms with Crippen molar-refractivity contribution in [2.24, 2.45) is 5.92 Å². The van der Waals surface area contributed by atoms with E-state index in [1.165, 1.54) is 0 Å². The number of piperidine rings is 1. The van der Waals surface area contributed by atoms with Crippen molar-refractivity contribution >= 4 is 0 Å². The van der Waals surface area contributed by atoms with Gasteiger partial charge in [-0.05, 0) is 32.9 Å². The van der Waals surface area contributed by atoms with Crippen LogP contribution < -0.4 is 5.32 Å². The second kappa shape index (κ2) is 5.75. The van der Waals surface area contributed by atoms with E-state index in [1.54, 1.807) is 0 Å². The average Bonchev–Trinajstić information content (AvgIpc) is 2.38. The van der Waals surface area contributed by atoms with E-state index in [-0.39, 0.29) is 25.0 Å². The number of morpholine rings is 1. The highest BCUT2D eigenvalue weighted by atomic mass is 19.4. The lowest BCUT2D eigenvalue weighted by Crippen LogP contribution is -2.53. The van der Waals surface area contributed by atoms with Crippen LogP contribution in [0, 0.1) is 5.92 Å². The van der Waals surface area contributed by atoms with E-state index in [2.05, 4.69) is 10.2 Å². The molecule has 3 nitrogen and oxygen atoms in total. The van der Waals surface area contributed by atoms with E-state index in [1.807, 2.05) is 6.92 Å². The minimum atomic E-state index is -4.03. The second-order valence-corrected chi connectivity index (χ2v) is 5.21. The third kappa shape index (κ3) is 3.36. The largest absolute Gasteiger partial charge is 0.391 e. The Hall–Kier alpha value is -0.330. The Balaban J connectivity index is 1.81. The number of nitrogens with one attached hydrogen (secondary N) is 1. The summed E-state index contributed by atoms with van der Waals surface area (Å²) in [6.07, 6.45) is -3.50. The summed E-state index contributed by atoms with van der Waals surface area (Å²) in [6.45, 7) is 5.43. The van der Waals surface area contributed by atoms with Gasteiger partial charge in [-0.2, -0.15) is 13.2 Å². The summed E-state index contributed by atoms with van der Waals surface area (Å²) in [5, 5.41) is 3.26. The molecule has 1 N–H and O–H groups in total. The van der Waals surface area contributed by atoms with Crippen molar-refractivity contribution in [1.82, 2.24) is 10.2 Å². The number of alkyl halides is 3. The quantitative estimate of drug-likeness (QED) is 0.822. The maximum atomic E-state index is 12.6. The zero-order valence-electron chi connectivity index (χ0n) is 10.7. The number of rotatable bonds is 2. The van der Waals surface area contributed by atoms with Crippen molar-refractivity contribution in [1.29, 1.82) is 0 Å². The van der Waals surface area contributed by atoms with Crippen LogP contribution in [0.15, 0.2) is 0 Å². The van der Waals surface area contributed by atoms with Crippen LogP contribution in [-0.4, -0.2) is 56.0 Å². The van der Waals surface area contributed by atoms with Gasteiger partial charge < -0.3 is 10.1 Å². The van der Waals surface area contributed by atoms with Crippen LogP contribution in [0.5, 0.6) is 0 Å². The number of nitrogens with zero attached hydrogens (tertiary/aromatic N) is 1. The first-order valence-corrected chi connectivity index (χ1v) is 6.61. The molecule has 2 fully saturated rings. The minimum Gasteiger partial charge on any atom is -0.374 e. The fourth-order valence-corrected chi connectivity index (χ4v) is 2.76. The zero-order chi connectivity index (χ0) is 13.2. The lowest BCUT2D eigenvalue weighted by Gasteiger charge is -2.40. The van der Waals surface area contributed by atoms with Crippen LogP contribution in [0.2, 0.25) is 0 Å². The first kappa shape index (κ1) is 14.1. The van der Waals surface area contributed by atoms with E-state index in [0.29, 0.717) is 19.7 Å². The SMILES string of the molecule is CC(C1CNCCO1)N1CCC(C(F)(F)F)CC1. The summed E-state index contributed by atoms with van der Waals surface area (Å²) in [7, 11) is 0. The fraction of sp³-hybridized carbons (Fsp3) is 1.00. The van der Waals surface area contributed by atoms with Gasteiger partial charge in [-0.1, -0.05) is 0 Å². The van der Waals surface area contributed by atoms with Crippen LogP contribution in [0.25, 0.3) is 0 Å². The number of halogens is 3. The van der Waals surface area contributed by atoms with E-state index < -0.39 is 12.1 Å². The van der Waals surface area contributed by atoms with Crippen LogP contribution in [0.3, 0.4) is 0 Å². The van der Waals surface area contributed by atoms with Gasteiger partial charge in [0.15, 0.2) is 0 Å². The van der Waals surface area contributed by atoms with Gasteiger partial charge in [0.25, 0.3) is 0 Å². The third-order valence-electron chi connectivity index (χ3n) is 4.06. The topological polar surface area (TPSA) is 24.5 Å². The summed E-state index contributed by atoms with van der Waals surface area (Å²) in [5.41, 5.74) is 0. The van der Waals surface area contributed by atoms with Crippen LogP contribution in [-0.2, 0) is 4.74 Å². The molecule has 0 bridgehead atoms. The number of hydrogen-bond acceptors (Lipinski definition) is 3. The maximum absolute atomic E-state index is 12.6. The van der Waals surface area contributed by atoms with Crippen molar-refractivity contribution < 1.29 is 17.9 Å². The molecule has 2 aliphatic heterocycles. The molecular formula is C12H21F3N2O. The average molecular weight is 266 g/mol. The Kier molecular flexibility index (Phi) is 4.50. The van der Waals surface area contributed by atoms with Gasteiger partial charge in [0.2, 0.25) is 0 Å². The predicted octanol–water partition coefficient (Wildman–Crippen LogP) is 1.64. The Morgan fingerprint density at radius 2 is 1.94 bits per heavy atom. The molecule has 0 aromatic heterocycles. The number of hydrogen-bond donors (Lipinski definition) is 1. The van der Waals surface area contributed by atoms with Crippen LogP contribution in [0.1, 0.15) is 19.8 Å². The normalized spacial score (nSPS) is 30.3. The summed E-state index contributed by atoms with van der Waals surface area (Å²) >= 11 is 0. The first-order valence-electron chi connectivity index (χ1n) is 6.61. The smallest absolute Gasteiger partial charge is 0.374 e. The Bertz CT molecular complexity index is 259. The molecule has 0 amide bonds. The lowest BCUT2D eigenvalue weighted by molar-refractivity contribution is -0.187. The van der Waals surface area contributed by atoms with Crippen molar-refractivity contribution in [3.05, 3.63) is 0 Å². The molecule has 2 atom stereocenters. The van der Waals surface area contributed by atoms with Crippen molar-refractivity contribution in [2.45, 2.75) is 38.1 Å². The zero-order valence-corrected chi connectivity index (χ0v) is 10.7. The van der Waals surface area contributed by atoms with E-state index in [4.69, 9.17) is 4.74 Å². The molecule has 0 radical (unpaired) electrons. The fourth-order valence-electron chi connectivity index (χ4n) is 2.76. The number of likely N-dealkylation sites (tertiary alicyclic amines) is 1. The van der Waals surface area contributed by atoms with Crippen LogP contribution >= 0.6 is 0 Å². The minimum absolute atomic E-state index is 0.0983. The molecule has 2 saturated heterocycles. The Morgan fingerprint density at radius 3 is 2.44 bits per heavy atom. The van der Waals surface area contributed by atoms with Crippen molar-refractivity contribution in [2.75, 3.05) is 32.8 Å². The molecule has 0 aromatic carbocycles. The Labute approximate surface area is 106 Å². The number of ether oxygens (including phenoxy) is 1. The molecule has 0 aliphatic carbocycles. The summed E-state index contributed by atoms with van der Waals surface area (Å²) in [4.78, 5) is 2.12. The molecule has 106 valence electrons. The third-order valence-corrected chi connectivity index (χ3v) is 4.06. The highest BCUT2D eigenvalue weighted by Crippen LogP contribution is 2.34. The summed E-state index contributed by atoms with van der Waals surface area (Å²) in [5.74, 6) is -1.12. The van der Waals surface area contributed by atoms with Gasteiger partial charge in [0, 0.05) is 19.1 Å². The molecule has 18 heavy (non-hydrogen) atoms. The van der Waals surface area contributed by atoms with Crippen molar-refractivity contribution in [3.8, 4) is 0 Å². The van der Waals surface area contributed by atoms with Gasteiger partial charge in [-0.25, -0.2) is 0 Å². The van der Waals surface area contributed by atoms with E-state index in [0.717, 1.165) is 13.1 Å². The van der Waals surface area contributed by atoms with Crippen LogP contribution in [0.4, 0.5) is 13.2 Å².